The van der Waals surface area contributed by atoms with E-state index in [9.17, 15) is 0 Å². The van der Waals surface area contributed by atoms with Gasteiger partial charge in [-0.3, -0.25) is 0 Å². The quantitative estimate of drug-likeness (QED) is 0.508. The number of allylic oxidation sites excluding steroid dienone is 1. The van der Waals surface area contributed by atoms with Crippen LogP contribution in [0.5, 0.6) is 0 Å². The minimum atomic E-state index is -1.54. The molecule has 2 aromatic carbocycles. The van der Waals surface area contributed by atoms with Crippen LogP contribution in [0.25, 0.3) is 16.3 Å². The van der Waals surface area contributed by atoms with Crippen LogP contribution in [0.3, 0.4) is 0 Å². The molecule has 140 valence electrons. The van der Waals surface area contributed by atoms with Gasteiger partial charge in [0.25, 0.3) is 0 Å². The maximum Gasteiger partial charge on any atom is 0.113 e. The van der Waals surface area contributed by atoms with E-state index in [4.69, 9.17) is 0 Å². The molecule has 1 saturated carbocycles. The summed E-state index contributed by atoms with van der Waals surface area (Å²) in [5.74, 6) is 0.802. The average molecular weight is 373 g/mol. The fourth-order valence-electron chi connectivity index (χ4n) is 6.16. The van der Waals surface area contributed by atoms with Crippen LogP contribution in [0, 0.1) is 0 Å². The second-order valence-electron chi connectivity index (χ2n) is 9.51. The molecule has 0 radical (unpaired) electrons. The highest BCUT2D eigenvalue weighted by Crippen LogP contribution is 2.50. The summed E-state index contributed by atoms with van der Waals surface area (Å²) >= 11 is 0. The highest BCUT2D eigenvalue weighted by molar-refractivity contribution is 7.07. The molecule has 0 aromatic heterocycles. The summed E-state index contributed by atoms with van der Waals surface area (Å²) < 4.78 is 0. The van der Waals surface area contributed by atoms with Gasteiger partial charge in [-0.25, -0.2) is 0 Å². The first-order valence-corrected chi connectivity index (χ1v) is 14.1. The molecular weight excluding hydrogens is 340 g/mol. The zero-order chi connectivity index (χ0) is 18.6. The van der Waals surface area contributed by atoms with E-state index in [0.717, 1.165) is 5.92 Å². The van der Waals surface area contributed by atoms with Crippen LogP contribution in [0.2, 0.25) is 13.1 Å². The first-order valence-electron chi connectivity index (χ1n) is 11.1. The molecule has 5 rings (SSSR count). The molecule has 0 amide bonds. The fourth-order valence-corrected chi connectivity index (χ4v) is 9.83. The number of hydrogen-bond acceptors (Lipinski definition) is 0. The molecule has 2 aromatic rings. The van der Waals surface area contributed by atoms with Crippen LogP contribution in [-0.4, -0.2) is 8.07 Å². The van der Waals surface area contributed by atoms with Gasteiger partial charge in [-0.2, -0.15) is 0 Å². The van der Waals surface area contributed by atoms with Crippen molar-refractivity contribution in [2.24, 2.45) is 0 Å². The van der Waals surface area contributed by atoms with E-state index in [1.165, 1.54) is 56.9 Å². The van der Waals surface area contributed by atoms with Crippen molar-refractivity contribution in [2.75, 3.05) is 0 Å². The molecule has 1 fully saturated rings. The Labute approximate surface area is 165 Å². The van der Waals surface area contributed by atoms with Gasteiger partial charge in [0.1, 0.15) is 8.07 Å². The van der Waals surface area contributed by atoms with Gasteiger partial charge in [-0.15, -0.1) is 0 Å². The van der Waals surface area contributed by atoms with Crippen molar-refractivity contribution in [2.45, 2.75) is 77.3 Å². The van der Waals surface area contributed by atoms with Crippen molar-refractivity contribution in [3.05, 3.63) is 58.7 Å². The topological polar surface area (TPSA) is 0 Å². The van der Waals surface area contributed by atoms with Gasteiger partial charge in [0.2, 0.25) is 0 Å². The van der Waals surface area contributed by atoms with Gasteiger partial charge in [0.15, 0.2) is 0 Å². The van der Waals surface area contributed by atoms with E-state index in [1.807, 2.05) is 0 Å². The van der Waals surface area contributed by atoms with Crippen LogP contribution < -0.4 is 5.19 Å². The Morgan fingerprint density at radius 1 is 0.889 bits per heavy atom. The van der Waals surface area contributed by atoms with Crippen LogP contribution in [0.15, 0.2) is 42.0 Å². The fraction of sp³-hybridized carbons (Fsp3) is 0.462. The predicted molar refractivity (Wildman–Crippen MR) is 120 cm³/mol. The number of benzene rings is 2. The monoisotopic (exact) mass is 372 g/mol. The molecule has 0 atom stereocenters. The van der Waals surface area contributed by atoms with E-state index >= 15 is 0 Å². The molecular formula is C26H32Si. The van der Waals surface area contributed by atoms with E-state index in [1.54, 1.807) is 38.2 Å². The molecule has 1 aliphatic heterocycles. The second-order valence-corrected chi connectivity index (χ2v) is 13.8. The van der Waals surface area contributed by atoms with Crippen LogP contribution >= 0.6 is 0 Å². The molecule has 0 spiro atoms. The number of fused-ring (bicyclic) bond motifs is 1. The molecule has 1 heteroatoms. The molecule has 0 unspecified atom stereocenters. The third-order valence-corrected chi connectivity index (χ3v) is 11.0. The average Bonchev–Trinajstić information content (AvgIpc) is 3.14. The van der Waals surface area contributed by atoms with Gasteiger partial charge in [0.05, 0.1) is 0 Å². The molecule has 27 heavy (non-hydrogen) atoms. The van der Waals surface area contributed by atoms with Crippen molar-refractivity contribution in [1.29, 1.82) is 0 Å². The lowest BCUT2D eigenvalue weighted by molar-refractivity contribution is 0.443. The lowest BCUT2D eigenvalue weighted by atomic mass is 9.83. The van der Waals surface area contributed by atoms with Crippen molar-refractivity contribution >= 4 is 18.5 Å². The molecule has 3 aliphatic rings. The van der Waals surface area contributed by atoms with Crippen LogP contribution in [0.4, 0.5) is 0 Å². The van der Waals surface area contributed by atoms with Gasteiger partial charge in [0, 0.05) is 0 Å². The molecule has 0 nitrogen and oxygen atoms in total. The Bertz CT molecular complexity index is 908. The van der Waals surface area contributed by atoms with Crippen molar-refractivity contribution in [3.8, 4) is 11.1 Å². The Morgan fingerprint density at radius 2 is 1.63 bits per heavy atom. The first-order chi connectivity index (χ1) is 13.1. The number of hydrogen-bond donors (Lipinski definition) is 0. The molecule has 2 bridgehead atoms. The Kier molecular flexibility index (Phi) is 4.20. The normalized spacial score (nSPS) is 20.6. The Balaban J connectivity index is 1.58. The summed E-state index contributed by atoms with van der Waals surface area (Å²) in [4.78, 5) is 0. The smallest absolute Gasteiger partial charge is 0.0655 e. The Morgan fingerprint density at radius 3 is 2.33 bits per heavy atom. The van der Waals surface area contributed by atoms with Crippen LogP contribution in [-0.2, 0) is 6.42 Å². The predicted octanol–water partition coefficient (Wildman–Crippen LogP) is 6.98. The maximum absolute atomic E-state index is 2.58. The first kappa shape index (κ1) is 17.5. The zero-order valence-corrected chi connectivity index (χ0v) is 18.2. The van der Waals surface area contributed by atoms with Gasteiger partial charge >= 0.3 is 0 Å². The van der Waals surface area contributed by atoms with E-state index in [0.29, 0.717) is 0 Å². The highest BCUT2D eigenvalue weighted by Gasteiger charge is 2.45. The van der Waals surface area contributed by atoms with Crippen LogP contribution in [0.1, 0.15) is 74.5 Å². The molecule has 1 heterocycles. The van der Waals surface area contributed by atoms with E-state index in [-0.39, 0.29) is 0 Å². The van der Waals surface area contributed by atoms with Crippen molar-refractivity contribution < 1.29 is 0 Å². The summed E-state index contributed by atoms with van der Waals surface area (Å²) in [7, 11) is -1.54. The third kappa shape index (κ3) is 2.62. The lowest BCUT2D eigenvalue weighted by Crippen LogP contribution is -2.39. The van der Waals surface area contributed by atoms with Gasteiger partial charge in [-0.1, -0.05) is 87.7 Å². The van der Waals surface area contributed by atoms with Crippen molar-refractivity contribution in [3.63, 3.8) is 0 Å². The summed E-state index contributed by atoms with van der Waals surface area (Å²) in [6, 6.07) is 14.7. The highest BCUT2D eigenvalue weighted by atomic mass is 28.3. The summed E-state index contributed by atoms with van der Waals surface area (Å²) in [6.45, 7) is 7.49. The Hall–Kier alpha value is -1.60. The largest absolute Gasteiger partial charge is 0.113 e. The summed E-state index contributed by atoms with van der Waals surface area (Å²) in [5, 5.41) is 3.47. The summed E-state index contributed by atoms with van der Waals surface area (Å²) in [6.07, 6.45) is 10.8. The SMILES string of the molecule is CCCC1=C2c3c(ccc(c3-c3ccc(C4CCCCC4)cc3)[Si]2(C)C)C1. The molecule has 0 N–H and O–H groups in total. The van der Waals surface area contributed by atoms with Crippen molar-refractivity contribution in [1.82, 2.24) is 0 Å². The molecule has 2 aliphatic carbocycles. The van der Waals surface area contributed by atoms with E-state index in [2.05, 4.69) is 56.4 Å². The standard InChI is InChI=1S/C26H32Si/c1-4-8-22-17-21-15-16-23-24(25(21)26(22)27(23,2)3)20-13-11-19(12-14-20)18-9-6-5-7-10-18/h11-16,18H,4-10,17H2,1-3H3. The zero-order valence-electron chi connectivity index (χ0n) is 17.2. The summed E-state index contributed by atoms with van der Waals surface area (Å²) in [5.41, 5.74) is 9.65. The second kappa shape index (κ2) is 6.48. The van der Waals surface area contributed by atoms with Gasteiger partial charge < -0.3 is 0 Å². The third-order valence-electron chi connectivity index (χ3n) is 7.43. The minimum Gasteiger partial charge on any atom is -0.0655 e. The maximum atomic E-state index is 2.58. The molecule has 0 saturated heterocycles. The van der Waals surface area contributed by atoms with E-state index < -0.39 is 8.07 Å². The lowest BCUT2D eigenvalue weighted by Gasteiger charge is -2.23. The van der Waals surface area contributed by atoms with Gasteiger partial charge in [-0.05, 0) is 69.8 Å². The number of rotatable bonds is 4. The minimum absolute atomic E-state index is 0.802.